The Labute approximate surface area is 161 Å². The Morgan fingerprint density at radius 1 is 1.22 bits per heavy atom. The van der Waals surface area contributed by atoms with Gasteiger partial charge in [-0.15, -0.1) is 11.3 Å². The molecule has 138 valence electrons. The maximum atomic E-state index is 12.7. The highest BCUT2D eigenvalue weighted by molar-refractivity contribution is 7.14. The van der Waals surface area contributed by atoms with Crippen LogP contribution in [0.15, 0.2) is 40.1 Å². The smallest absolute Gasteiger partial charge is 0.293 e. The summed E-state index contributed by atoms with van der Waals surface area (Å²) in [5.74, 6) is 0.481. The number of aromatic nitrogens is 1. The van der Waals surface area contributed by atoms with E-state index in [0.29, 0.717) is 34.9 Å². The molecule has 1 aliphatic rings. The van der Waals surface area contributed by atoms with Gasteiger partial charge in [0, 0.05) is 29.3 Å². The van der Waals surface area contributed by atoms with Gasteiger partial charge in [-0.2, -0.15) is 0 Å². The molecule has 0 aliphatic heterocycles. The van der Waals surface area contributed by atoms with E-state index in [1.54, 1.807) is 6.92 Å². The summed E-state index contributed by atoms with van der Waals surface area (Å²) in [5, 5.41) is 5.20. The van der Waals surface area contributed by atoms with Crippen LogP contribution in [-0.2, 0) is 6.42 Å². The molecule has 1 amide bonds. The second-order valence-electron chi connectivity index (χ2n) is 7.65. The van der Waals surface area contributed by atoms with Crippen molar-refractivity contribution < 1.29 is 14.0 Å². The molecule has 3 aromatic rings. The molecule has 1 aromatic carbocycles. The Hall–Kier alpha value is -2.73. The molecule has 2 heterocycles. The van der Waals surface area contributed by atoms with Crippen LogP contribution in [0.4, 0.5) is 5.13 Å². The molecular formula is C21H20N2O3S. The molecule has 0 fully saturated rings. The zero-order valence-corrected chi connectivity index (χ0v) is 16.3. The summed E-state index contributed by atoms with van der Waals surface area (Å²) >= 11 is 1.36. The lowest BCUT2D eigenvalue weighted by Crippen LogP contribution is -2.26. The zero-order chi connectivity index (χ0) is 19.2. The first kappa shape index (κ1) is 17.7. The number of hydrogen-bond donors (Lipinski definition) is 1. The highest BCUT2D eigenvalue weighted by Crippen LogP contribution is 2.38. The molecule has 6 heteroatoms. The first-order valence-corrected chi connectivity index (χ1v) is 9.70. The van der Waals surface area contributed by atoms with Gasteiger partial charge in [-0.3, -0.25) is 14.9 Å². The van der Waals surface area contributed by atoms with Crippen molar-refractivity contribution in [1.82, 2.24) is 4.98 Å². The molecule has 4 rings (SSSR count). The third-order valence-electron chi connectivity index (χ3n) is 4.78. The van der Waals surface area contributed by atoms with Crippen LogP contribution in [0, 0.1) is 12.3 Å². The van der Waals surface area contributed by atoms with Crippen LogP contribution in [0.3, 0.4) is 0 Å². The van der Waals surface area contributed by atoms with Gasteiger partial charge in [-0.1, -0.05) is 44.2 Å². The molecule has 2 aromatic heterocycles. The van der Waals surface area contributed by atoms with Gasteiger partial charge in [0.05, 0.1) is 11.3 Å². The molecule has 5 nitrogen and oxygen atoms in total. The van der Waals surface area contributed by atoms with E-state index in [-0.39, 0.29) is 22.9 Å². The molecule has 1 N–H and O–H groups in total. The van der Waals surface area contributed by atoms with Crippen LogP contribution < -0.4 is 5.32 Å². The minimum Gasteiger partial charge on any atom is -0.455 e. The van der Waals surface area contributed by atoms with Crippen molar-refractivity contribution in [3.8, 4) is 11.3 Å². The van der Waals surface area contributed by atoms with Crippen LogP contribution >= 0.6 is 11.3 Å². The molecule has 0 saturated carbocycles. The first-order chi connectivity index (χ1) is 12.8. The van der Waals surface area contributed by atoms with E-state index in [1.807, 2.05) is 49.6 Å². The standard InChI is InChI=1S/C21H20N2O3S/c1-12-17-15(24)9-21(2,3)10-16(17)26-18(12)19(25)23-20-22-14(11-27-20)13-7-5-4-6-8-13/h4-8,11H,9-10H2,1-3H3,(H,22,23,25). The van der Waals surface area contributed by atoms with Crippen molar-refractivity contribution in [3.63, 3.8) is 0 Å². The lowest BCUT2D eigenvalue weighted by atomic mass is 9.76. The van der Waals surface area contributed by atoms with Crippen molar-refractivity contribution in [2.24, 2.45) is 5.41 Å². The summed E-state index contributed by atoms with van der Waals surface area (Å²) in [6.45, 7) is 5.84. The quantitative estimate of drug-likeness (QED) is 0.684. The Morgan fingerprint density at radius 3 is 2.70 bits per heavy atom. The minimum atomic E-state index is -0.374. The molecule has 0 atom stereocenters. The number of thiazole rings is 1. The maximum Gasteiger partial charge on any atom is 0.293 e. The summed E-state index contributed by atoms with van der Waals surface area (Å²) in [6, 6.07) is 9.78. The molecule has 0 unspecified atom stereocenters. The average molecular weight is 380 g/mol. The Kier molecular flexibility index (Phi) is 4.23. The number of fused-ring (bicyclic) bond motifs is 1. The number of Topliss-reactive ketones (excluding diaryl/α,β-unsaturated/α-hetero) is 1. The second-order valence-corrected chi connectivity index (χ2v) is 8.51. The Balaban J connectivity index is 1.58. The van der Waals surface area contributed by atoms with Crippen LogP contribution in [0.1, 0.15) is 52.5 Å². The largest absolute Gasteiger partial charge is 0.455 e. The van der Waals surface area contributed by atoms with Crippen molar-refractivity contribution in [2.45, 2.75) is 33.6 Å². The van der Waals surface area contributed by atoms with Gasteiger partial charge in [0.1, 0.15) is 5.76 Å². The predicted molar refractivity (Wildman–Crippen MR) is 105 cm³/mol. The first-order valence-electron chi connectivity index (χ1n) is 8.82. The SMILES string of the molecule is Cc1c(C(=O)Nc2nc(-c3ccccc3)cs2)oc2c1C(=O)CC(C)(C)C2. The number of carbonyl (C=O) groups excluding carboxylic acids is 2. The van der Waals surface area contributed by atoms with E-state index in [9.17, 15) is 9.59 Å². The van der Waals surface area contributed by atoms with E-state index in [0.717, 1.165) is 11.3 Å². The van der Waals surface area contributed by atoms with Gasteiger partial charge in [0.2, 0.25) is 0 Å². The number of hydrogen-bond acceptors (Lipinski definition) is 5. The molecule has 0 saturated heterocycles. The van der Waals surface area contributed by atoms with Gasteiger partial charge in [-0.25, -0.2) is 4.98 Å². The van der Waals surface area contributed by atoms with Gasteiger partial charge in [0.15, 0.2) is 16.7 Å². The van der Waals surface area contributed by atoms with Crippen LogP contribution in [0.5, 0.6) is 0 Å². The number of anilines is 1. The number of furan rings is 1. The monoisotopic (exact) mass is 380 g/mol. The highest BCUT2D eigenvalue weighted by atomic mass is 32.1. The molecule has 0 bridgehead atoms. The highest BCUT2D eigenvalue weighted by Gasteiger charge is 2.37. The number of ketones is 1. The lowest BCUT2D eigenvalue weighted by Gasteiger charge is -2.27. The van der Waals surface area contributed by atoms with Gasteiger partial charge < -0.3 is 4.42 Å². The van der Waals surface area contributed by atoms with Gasteiger partial charge in [-0.05, 0) is 12.3 Å². The number of nitrogens with one attached hydrogen (secondary N) is 1. The van der Waals surface area contributed by atoms with Crippen LogP contribution in [0.2, 0.25) is 0 Å². The molecule has 0 spiro atoms. The summed E-state index contributed by atoms with van der Waals surface area (Å²) in [4.78, 5) is 29.7. The molecular weight excluding hydrogens is 360 g/mol. The minimum absolute atomic E-state index is 0.0437. The normalized spacial score (nSPS) is 15.4. The number of rotatable bonds is 3. The lowest BCUT2D eigenvalue weighted by molar-refractivity contribution is 0.0898. The van der Waals surface area contributed by atoms with Crippen molar-refractivity contribution in [2.75, 3.05) is 5.32 Å². The number of nitrogens with zero attached hydrogens (tertiary/aromatic N) is 1. The van der Waals surface area contributed by atoms with E-state index >= 15 is 0 Å². The molecule has 1 aliphatic carbocycles. The number of carbonyl (C=O) groups is 2. The zero-order valence-electron chi connectivity index (χ0n) is 15.5. The average Bonchev–Trinajstić information content (AvgIpc) is 3.19. The Bertz CT molecular complexity index is 1030. The summed E-state index contributed by atoms with van der Waals surface area (Å²) < 4.78 is 5.81. The maximum absolute atomic E-state index is 12.7. The van der Waals surface area contributed by atoms with Crippen molar-refractivity contribution >= 4 is 28.2 Å². The third kappa shape index (κ3) is 3.32. The van der Waals surface area contributed by atoms with E-state index < -0.39 is 0 Å². The fourth-order valence-electron chi connectivity index (χ4n) is 3.53. The molecule has 0 radical (unpaired) electrons. The van der Waals surface area contributed by atoms with Gasteiger partial charge in [0.25, 0.3) is 5.91 Å². The van der Waals surface area contributed by atoms with Crippen molar-refractivity contribution in [1.29, 1.82) is 0 Å². The summed E-state index contributed by atoms with van der Waals surface area (Å²) in [6.07, 6.45) is 1.12. The third-order valence-corrected chi connectivity index (χ3v) is 5.53. The van der Waals surface area contributed by atoms with E-state index in [1.165, 1.54) is 11.3 Å². The second kappa shape index (κ2) is 6.46. The van der Waals surface area contributed by atoms with Crippen molar-refractivity contribution in [3.05, 3.63) is 58.4 Å². The molecule has 27 heavy (non-hydrogen) atoms. The predicted octanol–water partition coefficient (Wildman–Crippen LogP) is 5.12. The summed E-state index contributed by atoms with van der Waals surface area (Å²) in [7, 11) is 0. The van der Waals surface area contributed by atoms with Gasteiger partial charge >= 0.3 is 0 Å². The van der Waals surface area contributed by atoms with E-state index in [2.05, 4.69) is 10.3 Å². The number of amides is 1. The topological polar surface area (TPSA) is 72.2 Å². The Morgan fingerprint density at radius 2 is 1.96 bits per heavy atom. The summed E-state index contributed by atoms with van der Waals surface area (Å²) in [5.41, 5.74) is 2.84. The van der Waals surface area contributed by atoms with E-state index in [4.69, 9.17) is 4.42 Å². The fourth-order valence-corrected chi connectivity index (χ4v) is 4.24. The fraction of sp³-hybridized carbons (Fsp3) is 0.286. The van der Waals surface area contributed by atoms with Crippen LogP contribution in [-0.4, -0.2) is 16.7 Å². The van der Waals surface area contributed by atoms with Crippen LogP contribution in [0.25, 0.3) is 11.3 Å². The number of benzene rings is 1.